The predicted molar refractivity (Wildman–Crippen MR) is 95.1 cm³/mol. The molecule has 0 spiro atoms. The van der Waals surface area contributed by atoms with Crippen LogP contribution in [0.1, 0.15) is 21.5 Å². The van der Waals surface area contributed by atoms with E-state index in [4.69, 9.17) is 9.47 Å². The van der Waals surface area contributed by atoms with Gasteiger partial charge >= 0.3 is 12.1 Å². The summed E-state index contributed by atoms with van der Waals surface area (Å²) in [5, 5.41) is 0. The summed E-state index contributed by atoms with van der Waals surface area (Å²) in [5.74, 6) is -0.312. The number of carbonyl (C=O) groups excluding carboxylic acids is 1. The summed E-state index contributed by atoms with van der Waals surface area (Å²) in [6, 6.07) is 9.33. The lowest BCUT2D eigenvalue weighted by atomic mass is 10.1. The fraction of sp³-hybridized carbons (Fsp3) is 0.150. The van der Waals surface area contributed by atoms with E-state index in [1.165, 1.54) is 31.5 Å². The van der Waals surface area contributed by atoms with Crippen molar-refractivity contribution in [2.24, 2.45) is 0 Å². The van der Waals surface area contributed by atoms with E-state index in [9.17, 15) is 18.0 Å². The van der Waals surface area contributed by atoms with Gasteiger partial charge in [0.25, 0.3) is 0 Å². The second-order valence-electron chi connectivity index (χ2n) is 5.91. The highest BCUT2D eigenvalue weighted by Crippen LogP contribution is 2.34. The fourth-order valence-electron chi connectivity index (χ4n) is 2.45. The van der Waals surface area contributed by atoms with Crippen LogP contribution in [0.15, 0.2) is 54.9 Å². The third-order valence-corrected chi connectivity index (χ3v) is 3.86. The van der Waals surface area contributed by atoms with Crippen molar-refractivity contribution in [3.05, 3.63) is 71.5 Å². The van der Waals surface area contributed by atoms with E-state index in [0.29, 0.717) is 11.3 Å². The first-order chi connectivity index (χ1) is 13.3. The Balaban J connectivity index is 2.01. The van der Waals surface area contributed by atoms with Gasteiger partial charge in [0.15, 0.2) is 0 Å². The van der Waals surface area contributed by atoms with Crippen molar-refractivity contribution in [1.82, 2.24) is 9.97 Å². The maximum absolute atomic E-state index is 12.7. The first kappa shape index (κ1) is 19.3. The highest BCUT2D eigenvalue weighted by atomic mass is 19.4. The number of methoxy groups -OCH3 is 1. The lowest BCUT2D eigenvalue weighted by molar-refractivity contribution is -0.137. The molecule has 0 unspecified atom stereocenters. The number of aryl methyl sites for hydroxylation is 1. The molecule has 3 rings (SSSR count). The zero-order valence-corrected chi connectivity index (χ0v) is 14.9. The number of aromatic nitrogens is 2. The van der Waals surface area contributed by atoms with Crippen molar-refractivity contribution in [3.63, 3.8) is 0 Å². The molecule has 0 saturated carbocycles. The van der Waals surface area contributed by atoms with E-state index in [-0.39, 0.29) is 17.2 Å². The SMILES string of the molecule is COC(=O)c1cnc(Oc2ccc(C(F)(F)F)cc2)c(-c2cc(C)ccn2)c1. The number of esters is 1. The molecule has 0 amide bonds. The molecule has 0 bridgehead atoms. The molecule has 0 saturated heterocycles. The van der Waals surface area contributed by atoms with Crippen molar-refractivity contribution < 1.29 is 27.4 Å². The van der Waals surface area contributed by atoms with Crippen LogP contribution < -0.4 is 4.74 Å². The maximum Gasteiger partial charge on any atom is 0.416 e. The molecule has 0 fully saturated rings. The van der Waals surface area contributed by atoms with Gasteiger partial charge in [-0.15, -0.1) is 0 Å². The molecule has 0 aliphatic heterocycles. The second kappa shape index (κ2) is 7.67. The summed E-state index contributed by atoms with van der Waals surface area (Å²) in [7, 11) is 1.25. The van der Waals surface area contributed by atoms with Gasteiger partial charge in [-0.25, -0.2) is 9.78 Å². The number of halogens is 3. The van der Waals surface area contributed by atoms with E-state index >= 15 is 0 Å². The standard InChI is InChI=1S/C20H15F3N2O3/c1-12-7-8-24-17(9-12)16-10-13(19(26)27-2)11-25-18(16)28-15-5-3-14(4-6-15)20(21,22)23/h3-11H,1-2H3. The minimum absolute atomic E-state index is 0.102. The Kier molecular flexibility index (Phi) is 5.30. The minimum atomic E-state index is -4.43. The molecular weight excluding hydrogens is 373 g/mol. The molecule has 0 aliphatic rings. The van der Waals surface area contributed by atoms with Crippen LogP contribution in [0.4, 0.5) is 13.2 Å². The maximum atomic E-state index is 12.7. The van der Waals surface area contributed by atoms with Crippen LogP contribution >= 0.6 is 0 Å². The summed E-state index contributed by atoms with van der Waals surface area (Å²) < 4.78 is 48.5. The minimum Gasteiger partial charge on any atom is -0.465 e. The van der Waals surface area contributed by atoms with Gasteiger partial charge in [-0.2, -0.15) is 13.2 Å². The summed E-state index contributed by atoms with van der Waals surface area (Å²) in [6.07, 6.45) is -1.57. The van der Waals surface area contributed by atoms with Gasteiger partial charge in [0.05, 0.1) is 29.5 Å². The Hall–Kier alpha value is -3.42. The van der Waals surface area contributed by atoms with Crippen molar-refractivity contribution in [3.8, 4) is 22.9 Å². The van der Waals surface area contributed by atoms with Crippen LogP contribution in [0.3, 0.4) is 0 Å². The highest BCUT2D eigenvalue weighted by molar-refractivity contribution is 5.91. The van der Waals surface area contributed by atoms with Crippen molar-refractivity contribution >= 4 is 5.97 Å². The van der Waals surface area contributed by atoms with Gasteiger partial charge in [-0.3, -0.25) is 4.98 Å². The number of carbonyl (C=O) groups is 1. The van der Waals surface area contributed by atoms with E-state index < -0.39 is 17.7 Å². The van der Waals surface area contributed by atoms with Gasteiger partial charge < -0.3 is 9.47 Å². The van der Waals surface area contributed by atoms with Gasteiger partial charge in [0, 0.05) is 12.4 Å². The number of rotatable bonds is 4. The van der Waals surface area contributed by atoms with Crippen LogP contribution in [-0.2, 0) is 10.9 Å². The monoisotopic (exact) mass is 388 g/mol. The number of hydrogen-bond donors (Lipinski definition) is 0. The molecule has 2 aromatic heterocycles. The van der Waals surface area contributed by atoms with Crippen LogP contribution in [-0.4, -0.2) is 23.0 Å². The fourth-order valence-corrected chi connectivity index (χ4v) is 2.45. The van der Waals surface area contributed by atoms with E-state index in [2.05, 4.69) is 9.97 Å². The van der Waals surface area contributed by atoms with Gasteiger partial charge in [0.2, 0.25) is 5.88 Å². The van der Waals surface area contributed by atoms with E-state index in [1.54, 1.807) is 18.3 Å². The average Bonchev–Trinajstić information content (AvgIpc) is 2.67. The van der Waals surface area contributed by atoms with Crippen molar-refractivity contribution in [1.29, 1.82) is 0 Å². The number of ether oxygens (including phenoxy) is 2. The van der Waals surface area contributed by atoms with Gasteiger partial charge in [-0.05, 0) is 55.0 Å². The third-order valence-electron chi connectivity index (χ3n) is 3.86. The van der Waals surface area contributed by atoms with Crippen LogP contribution in [0.2, 0.25) is 0 Å². The second-order valence-corrected chi connectivity index (χ2v) is 5.91. The molecule has 5 nitrogen and oxygen atoms in total. The largest absolute Gasteiger partial charge is 0.465 e. The van der Waals surface area contributed by atoms with Gasteiger partial charge in [0.1, 0.15) is 5.75 Å². The Morgan fingerprint density at radius 2 is 1.75 bits per heavy atom. The Labute approximate surface area is 158 Å². The molecule has 28 heavy (non-hydrogen) atoms. The van der Waals surface area contributed by atoms with Crippen LogP contribution in [0.5, 0.6) is 11.6 Å². The van der Waals surface area contributed by atoms with Crippen molar-refractivity contribution in [2.45, 2.75) is 13.1 Å². The number of nitrogens with zero attached hydrogens (tertiary/aromatic N) is 2. The van der Waals surface area contributed by atoms with E-state index in [0.717, 1.165) is 17.7 Å². The molecule has 0 aliphatic carbocycles. The molecule has 0 atom stereocenters. The lowest BCUT2D eigenvalue weighted by Gasteiger charge is -2.12. The summed E-state index contributed by atoms with van der Waals surface area (Å²) in [6.45, 7) is 1.87. The first-order valence-electron chi connectivity index (χ1n) is 8.14. The molecule has 2 heterocycles. The third kappa shape index (κ3) is 4.28. The summed E-state index contributed by atoms with van der Waals surface area (Å²) >= 11 is 0. The van der Waals surface area contributed by atoms with E-state index in [1.807, 2.05) is 6.92 Å². The smallest absolute Gasteiger partial charge is 0.416 e. The van der Waals surface area contributed by atoms with Crippen LogP contribution in [0, 0.1) is 6.92 Å². The Morgan fingerprint density at radius 3 is 2.36 bits per heavy atom. The normalized spacial score (nSPS) is 11.2. The van der Waals surface area contributed by atoms with Gasteiger partial charge in [-0.1, -0.05) is 0 Å². The molecule has 0 N–H and O–H groups in total. The first-order valence-corrected chi connectivity index (χ1v) is 8.14. The topological polar surface area (TPSA) is 61.3 Å². The number of benzene rings is 1. The molecular formula is C20H15F3N2O3. The zero-order chi connectivity index (χ0) is 20.3. The molecule has 8 heteroatoms. The number of hydrogen-bond acceptors (Lipinski definition) is 5. The summed E-state index contributed by atoms with van der Waals surface area (Å²) in [4.78, 5) is 20.2. The molecule has 3 aromatic rings. The average molecular weight is 388 g/mol. The van der Waals surface area contributed by atoms with Crippen molar-refractivity contribution in [2.75, 3.05) is 7.11 Å². The highest BCUT2D eigenvalue weighted by Gasteiger charge is 2.30. The molecule has 0 radical (unpaired) electrons. The van der Waals surface area contributed by atoms with Crippen LogP contribution in [0.25, 0.3) is 11.3 Å². The molecule has 1 aromatic carbocycles. The molecule has 144 valence electrons. The predicted octanol–water partition coefficient (Wildman–Crippen LogP) is 5.05. The number of pyridine rings is 2. The quantitative estimate of drug-likeness (QED) is 0.586. The Morgan fingerprint density at radius 1 is 1.04 bits per heavy atom. The lowest BCUT2D eigenvalue weighted by Crippen LogP contribution is -2.05. The summed E-state index contributed by atoms with van der Waals surface area (Å²) in [5.41, 5.74) is 1.25. The zero-order valence-electron chi connectivity index (χ0n) is 14.9. The number of alkyl halides is 3. The Bertz CT molecular complexity index is 1000.